The second-order valence-corrected chi connectivity index (χ2v) is 5.70. The van der Waals surface area contributed by atoms with Gasteiger partial charge in [-0.3, -0.25) is 10.1 Å². The van der Waals surface area contributed by atoms with Gasteiger partial charge in [-0.05, 0) is 49.1 Å². The van der Waals surface area contributed by atoms with Gasteiger partial charge in [0.05, 0.1) is 16.6 Å². The van der Waals surface area contributed by atoms with Gasteiger partial charge < -0.3 is 9.32 Å². The minimum atomic E-state index is -0.461. The molecule has 6 nitrogen and oxygen atoms in total. The number of nitro groups is 1. The Hall–Kier alpha value is -3.07. The fourth-order valence-corrected chi connectivity index (χ4v) is 2.79. The Morgan fingerprint density at radius 3 is 2.50 bits per heavy atom. The van der Waals surface area contributed by atoms with Crippen LogP contribution in [-0.4, -0.2) is 18.0 Å². The molecule has 0 bridgehead atoms. The molecule has 0 saturated carbocycles. The van der Waals surface area contributed by atoms with Crippen molar-refractivity contribution in [2.24, 2.45) is 0 Å². The SMILES string of the molecule is N#C/C(=C\c1ccc(N2CCCCC2)o1)c1ccc([N+](=O)[O-])cc1. The van der Waals surface area contributed by atoms with E-state index in [1.54, 1.807) is 18.2 Å². The molecule has 24 heavy (non-hydrogen) atoms. The molecule has 0 unspecified atom stereocenters. The molecule has 1 aliphatic heterocycles. The summed E-state index contributed by atoms with van der Waals surface area (Å²) in [4.78, 5) is 12.4. The van der Waals surface area contributed by atoms with Crippen molar-refractivity contribution in [3.05, 3.63) is 57.8 Å². The molecular formula is C18H17N3O3. The molecule has 0 atom stereocenters. The van der Waals surface area contributed by atoms with Crippen molar-refractivity contribution >= 4 is 23.2 Å². The molecule has 122 valence electrons. The molecule has 2 aromatic rings. The summed E-state index contributed by atoms with van der Waals surface area (Å²) in [7, 11) is 0. The van der Waals surface area contributed by atoms with E-state index < -0.39 is 4.92 Å². The number of non-ortho nitro benzene ring substituents is 1. The third kappa shape index (κ3) is 3.46. The van der Waals surface area contributed by atoms with Crippen molar-refractivity contribution < 1.29 is 9.34 Å². The zero-order chi connectivity index (χ0) is 16.9. The second kappa shape index (κ2) is 7.01. The minimum Gasteiger partial charge on any atom is -0.441 e. The van der Waals surface area contributed by atoms with Crippen molar-refractivity contribution in [2.75, 3.05) is 18.0 Å². The van der Waals surface area contributed by atoms with Crippen LogP contribution in [0.5, 0.6) is 0 Å². The summed E-state index contributed by atoms with van der Waals surface area (Å²) in [5.41, 5.74) is 1.03. The average Bonchev–Trinajstić information content (AvgIpc) is 3.09. The molecule has 0 radical (unpaired) electrons. The minimum absolute atomic E-state index is 0.00132. The first kappa shape index (κ1) is 15.8. The summed E-state index contributed by atoms with van der Waals surface area (Å²) in [5, 5.41) is 20.1. The smallest absolute Gasteiger partial charge is 0.269 e. The highest BCUT2D eigenvalue weighted by molar-refractivity contribution is 5.89. The highest BCUT2D eigenvalue weighted by atomic mass is 16.6. The molecule has 1 fully saturated rings. The second-order valence-electron chi connectivity index (χ2n) is 5.70. The molecule has 6 heteroatoms. The molecular weight excluding hydrogens is 306 g/mol. The molecule has 1 saturated heterocycles. The van der Waals surface area contributed by atoms with Gasteiger partial charge in [-0.1, -0.05) is 0 Å². The summed E-state index contributed by atoms with van der Waals surface area (Å²) >= 11 is 0. The van der Waals surface area contributed by atoms with Gasteiger partial charge in [0.1, 0.15) is 5.76 Å². The van der Waals surface area contributed by atoms with Gasteiger partial charge in [-0.25, -0.2) is 0 Å². The number of allylic oxidation sites excluding steroid dienone is 1. The lowest BCUT2D eigenvalue weighted by molar-refractivity contribution is -0.384. The van der Waals surface area contributed by atoms with E-state index in [-0.39, 0.29) is 5.69 Å². The number of benzene rings is 1. The fraction of sp³-hybridized carbons (Fsp3) is 0.278. The van der Waals surface area contributed by atoms with Crippen LogP contribution in [0.1, 0.15) is 30.6 Å². The Balaban J connectivity index is 1.81. The van der Waals surface area contributed by atoms with Crippen LogP contribution < -0.4 is 4.90 Å². The molecule has 0 spiro atoms. The molecule has 1 aliphatic rings. The average molecular weight is 323 g/mol. The van der Waals surface area contributed by atoms with E-state index in [1.165, 1.54) is 18.6 Å². The molecule has 0 N–H and O–H groups in total. The molecule has 1 aromatic heterocycles. The number of nitriles is 1. The summed E-state index contributed by atoms with van der Waals surface area (Å²) < 4.78 is 5.83. The van der Waals surface area contributed by atoms with Crippen LogP contribution in [0.3, 0.4) is 0 Å². The lowest BCUT2D eigenvalue weighted by Gasteiger charge is -2.25. The molecule has 0 aliphatic carbocycles. The van der Waals surface area contributed by atoms with Crippen LogP contribution in [-0.2, 0) is 0 Å². The zero-order valence-corrected chi connectivity index (χ0v) is 13.1. The van der Waals surface area contributed by atoms with Crippen molar-refractivity contribution in [3.8, 4) is 6.07 Å². The maximum absolute atomic E-state index is 10.7. The van der Waals surface area contributed by atoms with Crippen LogP contribution >= 0.6 is 0 Å². The summed E-state index contributed by atoms with van der Waals surface area (Å²) in [6, 6.07) is 11.8. The summed E-state index contributed by atoms with van der Waals surface area (Å²) in [5.74, 6) is 1.42. The van der Waals surface area contributed by atoms with Gasteiger partial charge in [0.15, 0.2) is 5.88 Å². The highest BCUT2D eigenvalue weighted by Gasteiger charge is 2.14. The van der Waals surface area contributed by atoms with Crippen molar-refractivity contribution in [3.63, 3.8) is 0 Å². The third-order valence-corrected chi connectivity index (χ3v) is 4.08. The fourth-order valence-electron chi connectivity index (χ4n) is 2.79. The molecule has 0 amide bonds. The Morgan fingerprint density at radius 2 is 1.88 bits per heavy atom. The topological polar surface area (TPSA) is 83.3 Å². The Labute approximate surface area is 139 Å². The normalized spacial score (nSPS) is 15.1. The standard InChI is InChI=1S/C18H17N3O3/c19-13-15(14-4-6-16(7-5-14)21(22)23)12-17-8-9-18(24-17)20-10-2-1-3-11-20/h4-9,12H,1-3,10-11H2/b15-12+. The van der Waals surface area contributed by atoms with Gasteiger partial charge in [0.25, 0.3) is 5.69 Å². The molecule has 1 aromatic carbocycles. The monoisotopic (exact) mass is 323 g/mol. The van der Waals surface area contributed by atoms with E-state index in [0.29, 0.717) is 16.9 Å². The van der Waals surface area contributed by atoms with Gasteiger partial charge >= 0.3 is 0 Å². The van der Waals surface area contributed by atoms with Crippen molar-refractivity contribution in [2.45, 2.75) is 19.3 Å². The number of nitro benzene ring substituents is 1. The van der Waals surface area contributed by atoms with Gasteiger partial charge in [-0.2, -0.15) is 5.26 Å². The number of furan rings is 1. The van der Waals surface area contributed by atoms with Gasteiger partial charge in [0.2, 0.25) is 0 Å². The van der Waals surface area contributed by atoms with Crippen molar-refractivity contribution in [1.29, 1.82) is 5.26 Å². The van der Waals surface area contributed by atoms with Gasteiger partial charge in [-0.15, -0.1) is 0 Å². The number of piperidine rings is 1. The van der Waals surface area contributed by atoms with Gasteiger partial charge in [0, 0.05) is 31.3 Å². The zero-order valence-electron chi connectivity index (χ0n) is 13.1. The predicted octanol–water partition coefficient (Wildman–Crippen LogP) is 4.24. The number of anilines is 1. The lowest BCUT2D eigenvalue weighted by Crippen LogP contribution is -2.28. The molecule has 3 rings (SSSR count). The lowest BCUT2D eigenvalue weighted by atomic mass is 10.1. The number of rotatable bonds is 4. The van der Waals surface area contributed by atoms with E-state index in [2.05, 4.69) is 11.0 Å². The van der Waals surface area contributed by atoms with E-state index in [1.807, 2.05) is 12.1 Å². The number of hydrogen-bond acceptors (Lipinski definition) is 5. The van der Waals surface area contributed by atoms with E-state index in [0.717, 1.165) is 31.8 Å². The first-order chi connectivity index (χ1) is 11.7. The summed E-state index contributed by atoms with van der Waals surface area (Å²) in [6.07, 6.45) is 5.24. The maximum atomic E-state index is 10.7. The van der Waals surface area contributed by atoms with Crippen LogP contribution in [0.2, 0.25) is 0 Å². The van der Waals surface area contributed by atoms with Crippen LogP contribution in [0.15, 0.2) is 40.8 Å². The third-order valence-electron chi connectivity index (χ3n) is 4.08. The Kier molecular flexibility index (Phi) is 4.62. The van der Waals surface area contributed by atoms with Crippen LogP contribution in [0, 0.1) is 21.4 Å². The molecule has 2 heterocycles. The first-order valence-electron chi connectivity index (χ1n) is 7.89. The maximum Gasteiger partial charge on any atom is 0.269 e. The van der Waals surface area contributed by atoms with E-state index >= 15 is 0 Å². The van der Waals surface area contributed by atoms with Crippen molar-refractivity contribution in [1.82, 2.24) is 0 Å². The quantitative estimate of drug-likeness (QED) is 0.477. The highest BCUT2D eigenvalue weighted by Crippen LogP contribution is 2.26. The summed E-state index contributed by atoms with van der Waals surface area (Å²) in [6.45, 7) is 1.98. The first-order valence-corrected chi connectivity index (χ1v) is 7.89. The Morgan fingerprint density at radius 1 is 1.17 bits per heavy atom. The number of nitrogens with zero attached hydrogens (tertiary/aromatic N) is 3. The number of hydrogen-bond donors (Lipinski definition) is 0. The van der Waals surface area contributed by atoms with E-state index in [4.69, 9.17) is 4.42 Å². The Bertz CT molecular complexity index is 794. The predicted molar refractivity (Wildman–Crippen MR) is 91.4 cm³/mol. The van der Waals surface area contributed by atoms with E-state index in [9.17, 15) is 15.4 Å². The van der Waals surface area contributed by atoms with Crippen LogP contribution in [0.25, 0.3) is 11.6 Å². The largest absolute Gasteiger partial charge is 0.441 e. The van der Waals surface area contributed by atoms with Crippen LogP contribution in [0.4, 0.5) is 11.6 Å².